The maximum absolute atomic E-state index is 6.76. The van der Waals surface area contributed by atoms with E-state index >= 15 is 0 Å². The summed E-state index contributed by atoms with van der Waals surface area (Å²) in [7, 11) is 0. The third-order valence-corrected chi connectivity index (χ3v) is 16.0. The molecular weight excluding hydrogens is 823 g/mol. The summed E-state index contributed by atoms with van der Waals surface area (Å²) in [6, 6.07) is 82.4. The Morgan fingerprint density at radius 2 is 0.788 bits per heavy atom. The van der Waals surface area contributed by atoms with E-state index in [1.54, 1.807) is 0 Å². The third-order valence-electron chi connectivity index (χ3n) is 14.8. The number of thiophene rings is 1. The van der Waals surface area contributed by atoms with E-state index in [0.29, 0.717) is 0 Å². The summed E-state index contributed by atoms with van der Waals surface area (Å²) < 4.78 is 16.0. The van der Waals surface area contributed by atoms with Gasteiger partial charge in [0.15, 0.2) is 0 Å². The highest BCUT2D eigenvalue weighted by Crippen LogP contribution is 2.66. The Hall–Kier alpha value is -8.18. The molecule has 2 spiro atoms. The summed E-state index contributed by atoms with van der Waals surface area (Å²) in [5, 5.41) is 2.53. The van der Waals surface area contributed by atoms with Gasteiger partial charge in [0, 0.05) is 49.0 Å². The van der Waals surface area contributed by atoms with Gasteiger partial charge in [-0.1, -0.05) is 170 Å². The van der Waals surface area contributed by atoms with Crippen molar-refractivity contribution < 1.29 is 9.47 Å². The van der Waals surface area contributed by atoms with E-state index in [1.165, 1.54) is 64.7 Å². The summed E-state index contributed by atoms with van der Waals surface area (Å²) in [5.41, 5.74) is 16.7. The van der Waals surface area contributed by atoms with Crippen LogP contribution in [0.4, 0.5) is 17.1 Å². The van der Waals surface area contributed by atoms with E-state index in [1.807, 2.05) is 11.3 Å². The van der Waals surface area contributed by atoms with Crippen LogP contribution in [0.3, 0.4) is 0 Å². The highest BCUT2D eigenvalue weighted by Gasteiger charge is 2.53. The number of hydrogen-bond donors (Lipinski definition) is 0. The summed E-state index contributed by atoms with van der Waals surface area (Å²) >= 11 is 1.87. The van der Waals surface area contributed by atoms with Crippen LogP contribution in [0.25, 0.3) is 42.4 Å². The zero-order valence-corrected chi connectivity index (χ0v) is 36.4. The van der Waals surface area contributed by atoms with Crippen LogP contribution < -0.4 is 14.4 Å². The van der Waals surface area contributed by atoms with Crippen molar-refractivity contribution in [2.75, 3.05) is 4.90 Å². The molecule has 4 heteroatoms. The van der Waals surface area contributed by atoms with Gasteiger partial charge in [-0.2, -0.15) is 0 Å². The second kappa shape index (κ2) is 13.2. The van der Waals surface area contributed by atoms with Gasteiger partial charge in [-0.15, -0.1) is 11.3 Å². The molecule has 0 fully saturated rings. The van der Waals surface area contributed by atoms with Crippen molar-refractivity contribution in [1.82, 2.24) is 0 Å². The van der Waals surface area contributed by atoms with Crippen LogP contribution in [0.2, 0.25) is 0 Å². The Labute approximate surface area is 386 Å². The van der Waals surface area contributed by atoms with Gasteiger partial charge < -0.3 is 14.4 Å². The fourth-order valence-electron chi connectivity index (χ4n) is 12.4. The van der Waals surface area contributed by atoms with Crippen LogP contribution in [-0.2, 0) is 10.8 Å². The normalized spacial score (nSPS) is 14.5. The molecule has 0 N–H and O–H groups in total. The van der Waals surface area contributed by atoms with Crippen molar-refractivity contribution in [2.45, 2.75) is 10.8 Å². The van der Waals surface area contributed by atoms with Crippen LogP contribution in [0, 0.1) is 0 Å². The monoisotopic (exact) mass is 859 g/mol. The van der Waals surface area contributed by atoms with Crippen molar-refractivity contribution in [3.05, 3.63) is 269 Å². The zero-order chi connectivity index (χ0) is 43.1. The zero-order valence-electron chi connectivity index (χ0n) is 35.5. The lowest BCUT2D eigenvalue weighted by Crippen LogP contribution is -2.32. The van der Waals surface area contributed by atoms with Gasteiger partial charge >= 0.3 is 0 Å². The van der Waals surface area contributed by atoms with Gasteiger partial charge in [-0.25, -0.2) is 0 Å². The molecule has 0 amide bonds. The van der Waals surface area contributed by atoms with Crippen LogP contribution in [-0.4, -0.2) is 0 Å². The van der Waals surface area contributed by atoms with Gasteiger partial charge in [0.1, 0.15) is 23.0 Å². The largest absolute Gasteiger partial charge is 0.457 e. The Kier molecular flexibility index (Phi) is 7.24. The molecule has 0 bridgehead atoms. The molecule has 11 aromatic rings. The number of nitrogens with zero attached hydrogens (tertiary/aromatic N) is 1. The molecule has 0 radical (unpaired) electrons. The number of hydrogen-bond acceptors (Lipinski definition) is 4. The van der Waals surface area contributed by atoms with Crippen LogP contribution >= 0.6 is 11.3 Å². The predicted molar refractivity (Wildman–Crippen MR) is 269 cm³/mol. The first kappa shape index (κ1) is 36.2. The molecule has 10 aromatic carbocycles. The molecule has 0 atom stereocenters. The molecule has 15 rings (SSSR count). The molecular formula is C62H37NO2S. The Morgan fingerprint density at radius 3 is 1.44 bits per heavy atom. The molecule has 1 aromatic heterocycles. The third kappa shape index (κ3) is 4.47. The smallest absolute Gasteiger partial charge is 0.132 e. The number of fused-ring (bicyclic) bond motifs is 21. The highest BCUT2D eigenvalue weighted by molar-refractivity contribution is 7.26. The fourth-order valence-corrected chi connectivity index (χ4v) is 13.6. The fraction of sp³-hybridized carbons (Fsp3) is 0.0323. The Bertz CT molecular complexity index is 3790. The van der Waals surface area contributed by atoms with Gasteiger partial charge in [-0.05, 0) is 93.5 Å². The average Bonchev–Trinajstić information content (AvgIpc) is 4.00. The van der Waals surface area contributed by atoms with Gasteiger partial charge in [-0.3, -0.25) is 0 Å². The summed E-state index contributed by atoms with van der Waals surface area (Å²) in [5.74, 6) is 3.54. The van der Waals surface area contributed by atoms with E-state index in [-0.39, 0.29) is 0 Å². The summed E-state index contributed by atoms with van der Waals surface area (Å²) in [6.07, 6.45) is 0. The van der Waals surface area contributed by atoms with Gasteiger partial charge in [0.05, 0.1) is 26.9 Å². The number of para-hydroxylation sites is 4. The van der Waals surface area contributed by atoms with Crippen LogP contribution in [0.5, 0.6) is 23.0 Å². The topological polar surface area (TPSA) is 21.7 Å². The van der Waals surface area contributed by atoms with Crippen molar-refractivity contribution in [3.63, 3.8) is 0 Å². The van der Waals surface area contributed by atoms with Crippen molar-refractivity contribution in [3.8, 4) is 45.3 Å². The molecule has 2 aliphatic heterocycles. The molecule has 3 nitrogen and oxygen atoms in total. The molecule has 66 heavy (non-hydrogen) atoms. The first-order valence-corrected chi connectivity index (χ1v) is 23.5. The van der Waals surface area contributed by atoms with Crippen molar-refractivity contribution >= 4 is 48.6 Å². The SMILES string of the molecule is c1ccc2c(c1)Oc1ccccc1C21c2ccccc2-c2ccc(N(c3cccc4c3-c3ccccc3C43c4ccccc4Oc4ccccc43)c3cccc4c3sc3ccccc34)cc21. The first-order chi connectivity index (χ1) is 32.7. The number of benzene rings is 10. The number of anilines is 3. The van der Waals surface area contributed by atoms with Crippen molar-refractivity contribution in [2.24, 2.45) is 0 Å². The summed E-state index contributed by atoms with van der Waals surface area (Å²) in [4.78, 5) is 2.57. The molecule has 0 unspecified atom stereocenters. The molecule has 0 saturated heterocycles. The molecule has 308 valence electrons. The van der Waals surface area contributed by atoms with Crippen LogP contribution in [0.15, 0.2) is 224 Å². The lowest BCUT2D eigenvalue weighted by molar-refractivity contribution is 0.436. The molecule has 3 heterocycles. The number of rotatable bonds is 3. The minimum absolute atomic E-state index is 0.609. The molecule has 4 aliphatic rings. The van der Waals surface area contributed by atoms with Crippen molar-refractivity contribution in [1.29, 1.82) is 0 Å². The van der Waals surface area contributed by atoms with E-state index in [4.69, 9.17) is 9.47 Å². The van der Waals surface area contributed by atoms with E-state index in [0.717, 1.165) is 62.3 Å². The summed E-state index contributed by atoms with van der Waals surface area (Å²) in [6.45, 7) is 0. The average molecular weight is 860 g/mol. The maximum Gasteiger partial charge on any atom is 0.132 e. The van der Waals surface area contributed by atoms with Crippen LogP contribution in [0.1, 0.15) is 44.5 Å². The Morgan fingerprint density at radius 1 is 0.333 bits per heavy atom. The Balaban J connectivity index is 1.07. The number of ether oxygens (including phenoxy) is 2. The lowest BCUT2D eigenvalue weighted by atomic mass is 9.66. The van der Waals surface area contributed by atoms with Gasteiger partial charge in [0.25, 0.3) is 0 Å². The minimum atomic E-state index is -0.618. The highest BCUT2D eigenvalue weighted by atomic mass is 32.1. The molecule has 2 aliphatic carbocycles. The van der Waals surface area contributed by atoms with Gasteiger partial charge in [0.2, 0.25) is 0 Å². The maximum atomic E-state index is 6.76. The second-order valence-electron chi connectivity index (χ2n) is 17.8. The van der Waals surface area contributed by atoms with E-state index in [2.05, 4.69) is 229 Å². The minimum Gasteiger partial charge on any atom is -0.457 e. The quantitative estimate of drug-likeness (QED) is 0.177. The first-order valence-electron chi connectivity index (χ1n) is 22.7. The lowest BCUT2D eigenvalue weighted by Gasteiger charge is -2.40. The second-order valence-corrected chi connectivity index (χ2v) is 18.8. The predicted octanol–water partition coefficient (Wildman–Crippen LogP) is 16.5. The standard InChI is InChI=1S/C62H37NO2S/c1-4-21-44-39(17-1)40-36-35-38(37-51(40)62(44)48-25-8-12-32-56(48)65-57-33-13-9-26-49(57)62)63(53-29-15-20-42-41-18-3-14-34-58(41)66-60(42)53)52-28-16-27-50-59(52)43-19-2-5-22-45(43)61(50)46-23-6-10-30-54(46)64-55-31-11-7-24-47(55)61/h1-37H. The van der Waals surface area contributed by atoms with E-state index in [9.17, 15) is 0 Å². The molecule has 0 saturated carbocycles. The van der Waals surface area contributed by atoms with E-state index < -0.39 is 10.8 Å².